The van der Waals surface area contributed by atoms with E-state index in [1.54, 1.807) is 60.6 Å². The van der Waals surface area contributed by atoms with Gasteiger partial charge in [0.1, 0.15) is 29.2 Å². The number of imide groups is 1. The second kappa shape index (κ2) is 13.1. The first-order valence-corrected chi connectivity index (χ1v) is 12.6. The maximum atomic E-state index is 13.3. The molecule has 2 amide bonds. The number of para-hydroxylation sites is 1. The summed E-state index contributed by atoms with van der Waals surface area (Å²) >= 11 is 0. The van der Waals surface area contributed by atoms with Crippen molar-refractivity contribution in [3.63, 3.8) is 0 Å². The molecule has 0 spiro atoms. The van der Waals surface area contributed by atoms with Crippen molar-refractivity contribution >= 4 is 18.2 Å². The molecule has 0 bridgehead atoms. The van der Waals surface area contributed by atoms with E-state index in [9.17, 15) is 14.4 Å². The Balaban J connectivity index is 2.38. The largest absolute Gasteiger partial charge is 0.485 e. The summed E-state index contributed by atoms with van der Waals surface area (Å²) in [6.07, 6.45) is -3.43. The van der Waals surface area contributed by atoms with Gasteiger partial charge in [-0.1, -0.05) is 25.1 Å². The summed E-state index contributed by atoms with van der Waals surface area (Å²) in [6, 6.07) is 7.70. The Morgan fingerprint density at radius 2 is 1.54 bits per heavy atom. The first kappa shape index (κ1) is 30.4. The fraction of sp³-hybridized carbons (Fsp3) is 0.667. The zero-order valence-electron chi connectivity index (χ0n) is 23.1. The number of nitrogens with zero attached hydrogens (tertiary/aromatic N) is 1. The van der Waals surface area contributed by atoms with Crippen LogP contribution < -0.4 is 4.74 Å². The van der Waals surface area contributed by atoms with Crippen LogP contribution >= 0.6 is 0 Å². The van der Waals surface area contributed by atoms with E-state index in [1.807, 2.05) is 25.1 Å². The number of hydrogen-bond donors (Lipinski definition) is 0. The van der Waals surface area contributed by atoms with E-state index in [2.05, 4.69) is 0 Å². The van der Waals surface area contributed by atoms with Crippen LogP contribution in [0.25, 0.3) is 0 Å². The van der Waals surface area contributed by atoms with E-state index < -0.39 is 53.7 Å². The Kier molecular flexibility index (Phi) is 10.8. The third kappa shape index (κ3) is 9.85. The molecule has 1 aliphatic heterocycles. The van der Waals surface area contributed by atoms with Gasteiger partial charge < -0.3 is 28.4 Å². The zero-order chi connectivity index (χ0) is 27.8. The fourth-order valence-electron chi connectivity index (χ4n) is 3.49. The van der Waals surface area contributed by atoms with Crippen LogP contribution in [0.2, 0.25) is 0 Å². The summed E-state index contributed by atoms with van der Waals surface area (Å²) < 4.78 is 34.6. The topological polar surface area (TPSA) is 110 Å². The van der Waals surface area contributed by atoms with Gasteiger partial charge in [0.2, 0.25) is 0 Å². The second-order valence-corrected chi connectivity index (χ2v) is 10.8. The molecule has 1 heterocycles. The minimum atomic E-state index is -1.45. The average molecular weight is 524 g/mol. The Labute approximate surface area is 219 Å². The van der Waals surface area contributed by atoms with Crippen LogP contribution in [0, 0.1) is 0 Å². The molecule has 0 N–H and O–H groups in total. The van der Waals surface area contributed by atoms with E-state index >= 15 is 0 Å². The lowest BCUT2D eigenvalue weighted by molar-refractivity contribution is -0.165. The van der Waals surface area contributed by atoms with Gasteiger partial charge in [-0.05, 0) is 67.0 Å². The summed E-state index contributed by atoms with van der Waals surface area (Å²) in [5.74, 6) is -0.255. The fourth-order valence-corrected chi connectivity index (χ4v) is 3.49. The third-order valence-corrected chi connectivity index (χ3v) is 5.00. The van der Waals surface area contributed by atoms with E-state index in [4.69, 9.17) is 28.4 Å². The number of amides is 2. The standard InChI is InChI=1S/C27H41NO9/c1-9-15-33-22-18(2)34-23(29)20(16-32-17-21(22)35-19-13-11-10-12-14-19)28(24(30)36-26(3,4)5)25(31)37-27(6,7)8/h10-14,18,20-22H,9,15-17H2,1-8H3/t18-,20-,21-,22-/m0/s1. The van der Waals surface area contributed by atoms with Gasteiger partial charge in [0, 0.05) is 6.61 Å². The second-order valence-electron chi connectivity index (χ2n) is 10.8. The number of benzene rings is 1. The van der Waals surface area contributed by atoms with Gasteiger partial charge in [0.25, 0.3) is 0 Å². The lowest BCUT2D eigenvalue weighted by atomic mass is 10.1. The number of carbonyl (C=O) groups excluding carboxylic acids is 3. The quantitative estimate of drug-likeness (QED) is 0.386. The molecule has 37 heavy (non-hydrogen) atoms. The van der Waals surface area contributed by atoms with E-state index in [-0.39, 0.29) is 13.2 Å². The number of carbonyl (C=O) groups is 3. The molecule has 1 aromatic carbocycles. The number of esters is 1. The van der Waals surface area contributed by atoms with Crippen molar-refractivity contribution < 1.29 is 42.8 Å². The van der Waals surface area contributed by atoms with Crippen LogP contribution in [0.1, 0.15) is 61.8 Å². The molecule has 1 aliphatic rings. The van der Waals surface area contributed by atoms with Crippen LogP contribution in [0.4, 0.5) is 9.59 Å². The van der Waals surface area contributed by atoms with Crippen molar-refractivity contribution in [1.82, 2.24) is 4.90 Å². The molecule has 10 nitrogen and oxygen atoms in total. The summed E-state index contributed by atoms with van der Waals surface area (Å²) in [7, 11) is 0. The minimum absolute atomic E-state index is 0.0111. The smallest absolute Gasteiger partial charge is 0.420 e. The highest BCUT2D eigenvalue weighted by molar-refractivity contribution is 5.94. The highest BCUT2D eigenvalue weighted by Gasteiger charge is 2.44. The van der Waals surface area contributed by atoms with Crippen molar-refractivity contribution in [2.24, 2.45) is 0 Å². The highest BCUT2D eigenvalue weighted by atomic mass is 16.6. The van der Waals surface area contributed by atoms with Crippen molar-refractivity contribution in [2.45, 2.75) is 97.4 Å². The summed E-state index contributed by atoms with van der Waals surface area (Å²) in [4.78, 5) is 40.2. The van der Waals surface area contributed by atoms with E-state index in [0.717, 1.165) is 6.42 Å². The van der Waals surface area contributed by atoms with Crippen LogP contribution in [-0.4, -0.2) is 78.4 Å². The minimum Gasteiger partial charge on any atom is -0.485 e. The lowest BCUT2D eigenvalue weighted by Gasteiger charge is -2.32. The molecule has 0 aromatic heterocycles. The normalized spacial score (nSPS) is 23.1. The predicted molar refractivity (Wildman–Crippen MR) is 135 cm³/mol. The number of ether oxygens (including phenoxy) is 6. The van der Waals surface area contributed by atoms with Gasteiger partial charge in [0.05, 0.1) is 13.2 Å². The average Bonchev–Trinajstić information content (AvgIpc) is 2.80. The number of rotatable bonds is 6. The number of hydrogen-bond acceptors (Lipinski definition) is 9. The third-order valence-electron chi connectivity index (χ3n) is 5.00. The Hall–Kier alpha value is -2.85. The van der Waals surface area contributed by atoms with Gasteiger partial charge in [0.15, 0.2) is 12.1 Å². The molecule has 2 rings (SSSR count). The van der Waals surface area contributed by atoms with Crippen LogP contribution in [0.15, 0.2) is 30.3 Å². The summed E-state index contributed by atoms with van der Waals surface area (Å²) in [5.41, 5.74) is -1.86. The summed E-state index contributed by atoms with van der Waals surface area (Å²) in [5, 5.41) is 0. The molecule has 0 aliphatic carbocycles. The Bertz CT molecular complexity index is 863. The molecule has 0 saturated carbocycles. The molecule has 1 aromatic rings. The van der Waals surface area contributed by atoms with Crippen molar-refractivity contribution in [1.29, 1.82) is 0 Å². The monoisotopic (exact) mass is 523 g/mol. The molecule has 4 atom stereocenters. The van der Waals surface area contributed by atoms with Crippen molar-refractivity contribution in [3.05, 3.63) is 30.3 Å². The predicted octanol–water partition coefficient (Wildman–Crippen LogP) is 4.73. The Morgan fingerprint density at radius 3 is 2.05 bits per heavy atom. The van der Waals surface area contributed by atoms with Gasteiger partial charge in [-0.3, -0.25) is 0 Å². The molecular formula is C27H41NO9. The SMILES string of the molecule is CCCO[C@H]1[C@H](C)OC(=O)[C@@H](N(C(=O)OC(C)(C)C)C(=O)OC(C)(C)C)COC[C@@H]1Oc1ccccc1. The van der Waals surface area contributed by atoms with Crippen LogP contribution in [0.5, 0.6) is 5.75 Å². The van der Waals surface area contributed by atoms with Crippen LogP contribution in [0.3, 0.4) is 0 Å². The van der Waals surface area contributed by atoms with Crippen molar-refractivity contribution in [2.75, 3.05) is 19.8 Å². The molecule has 1 saturated heterocycles. The summed E-state index contributed by atoms with van der Waals surface area (Å²) in [6.45, 7) is 13.6. The molecular weight excluding hydrogens is 482 g/mol. The first-order chi connectivity index (χ1) is 17.2. The van der Waals surface area contributed by atoms with Gasteiger partial charge >= 0.3 is 18.2 Å². The molecule has 1 fully saturated rings. The van der Waals surface area contributed by atoms with Crippen LogP contribution in [-0.2, 0) is 28.5 Å². The number of cyclic esters (lactones) is 1. The maximum absolute atomic E-state index is 13.3. The van der Waals surface area contributed by atoms with Gasteiger partial charge in [-0.15, -0.1) is 0 Å². The van der Waals surface area contributed by atoms with E-state index in [0.29, 0.717) is 17.3 Å². The molecule has 10 heteroatoms. The molecule has 208 valence electrons. The zero-order valence-corrected chi connectivity index (χ0v) is 23.1. The molecule has 0 unspecified atom stereocenters. The molecule has 0 radical (unpaired) electrons. The van der Waals surface area contributed by atoms with Gasteiger partial charge in [-0.25, -0.2) is 14.4 Å². The van der Waals surface area contributed by atoms with Crippen molar-refractivity contribution in [3.8, 4) is 5.75 Å². The van der Waals surface area contributed by atoms with Gasteiger partial charge in [-0.2, -0.15) is 4.90 Å². The lowest BCUT2D eigenvalue weighted by Crippen LogP contribution is -2.54. The maximum Gasteiger partial charge on any atom is 0.420 e. The first-order valence-electron chi connectivity index (χ1n) is 12.6. The highest BCUT2D eigenvalue weighted by Crippen LogP contribution is 2.23. The van der Waals surface area contributed by atoms with E-state index in [1.165, 1.54) is 0 Å². The Morgan fingerprint density at radius 1 is 0.973 bits per heavy atom.